The molecule has 0 N–H and O–H groups in total. The maximum Gasteiger partial charge on any atom is 0.475 e. The smallest absolute Gasteiger partial charge is 0.330 e. The molecular weight excluding hydrogens is 746 g/mol. The molecular formula is C33H34BrF3N5O7P. The number of alkyl halides is 3. The molecule has 1 atom stereocenters. The number of aromatic nitrogens is 3. The molecule has 2 aliphatic rings. The monoisotopic (exact) mass is 779 g/mol. The second kappa shape index (κ2) is 13.7. The number of halogens is 4. The Morgan fingerprint density at radius 3 is 2.36 bits per heavy atom. The predicted octanol–water partition coefficient (Wildman–Crippen LogP) is 6.25. The van der Waals surface area contributed by atoms with E-state index in [1.807, 2.05) is 0 Å². The first-order valence-corrected chi connectivity index (χ1v) is 17.9. The third-order valence-corrected chi connectivity index (χ3v) is 11.0. The summed E-state index contributed by atoms with van der Waals surface area (Å²) in [7, 11) is -0.0148. The fourth-order valence-corrected chi connectivity index (χ4v) is 7.23. The van der Waals surface area contributed by atoms with Gasteiger partial charge in [-0.05, 0) is 81.0 Å². The molecule has 4 aromatic rings. The summed E-state index contributed by atoms with van der Waals surface area (Å²) in [6, 6.07) is 9.29. The molecule has 0 spiro atoms. The van der Waals surface area contributed by atoms with Crippen molar-refractivity contribution in [2.24, 2.45) is 5.92 Å². The number of hydrogen-bond acceptors (Lipinski definition) is 8. The van der Waals surface area contributed by atoms with Crippen LogP contribution in [0, 0.1) is 5.92 Å². The summed E-state index contributed by atoms with van der Waals surface area (Å²) in [5, 5.41) is 4.66. The van der Waals surface area contributed by atoms with Crippen molar-refractivity contribution in [3.05, 3.63) is 97.0 Å². The first-order chi connectivity index (χ1) is 23.7. The van der Waals surface area contributed by atoms with Crippen molar-refractivity contribution in [1.29, 1.82) is 0 Å². The number of amides is 2. The molecule has 12 nitrogen and oxygen atoms in total. The summed E-state index contributed by atoms with van der Waals surface area (Å²) in [4.78, 5) is 43.8. The van der Waals surface area contributed by atoms with Gasteiger partial charge in [-0.2, -0.15) is 18.3 Å². The van der Waals surface area contributed by atoms with Crippen molar-refractivity contribution in [2.75, 3.05) is 28.0 Å². The Labute approximate surface area is 293 Å². The third-order valence-electron chi connectivity index (χ3n) is 9.01. The molecule has 1 fully saturated rings. The molecule has 0 saturated heterocycles. The predicted molar refractivity (Wildman–Crippen MR) is 179 cm³/mol. The summed E-state index contributed by atoms with van der Waals surface area (Å²) < 4.78 is 70.9. The Morgan fingerprint density at radius 1 is 1.08 bits per heavy atom. The van der Waals surface area contributed by atoms with Crippen molar-refractivity contribution in [3.63, 3.8) is 0 Å². The van der Waals surface area contributed by atoms with E-state index in [-0.39, 0.29) is 40.9 Å². The first-order valence-electron chi connectivity index (χ1n) is 15.7. The van der Waals surface area contributed by atoms with Crippen LogP contribution in [-0.2, 0) is 43.7 Å². The summed E-state index contributed by atoms with van der Waals surface area (Å²) in [5.74, 6) is -0.583. The zero-order valence-electron chi connectivity index (χ0n) is 27.6. The minimum atomic E-state index is -4.66. The van der Waals surface area contributed by atoms with E-state index >= 15 is 0 Å². The number of phosphoric ester groups is 1. The van der Waals surface area contributed by atoms with Gasteiger partial charge in [-0.15, -0.1) is 0 Å². The number of nitrogens with zero attached hydrogens (tertiary/aromatic N) is 5. The highest BCUT2D eigenvalue weighted by molar-refractivity contribution is 9.10. The van der Waals surface area contributed by atoms with Crippen LogP contribution in [0.15, 0.2) is 57.9 Å². The molecule has 0 bridgehead atoms. The van der Waals surface area contributed by atoms with Crippen molar-refractivity contribution >= 4 is 41.2 Å². The Balaban J connectivity index is 1.36. The van der Waals surface area contributed by atoms with Crippen LogP contribution in [0.4, 0.5) is 13.2 Å². The number of phosphoric acid groups is 1. The SMILES string of the molecule is COP(=O)(OC)OCN(C)C(=O)c1ccc(-n2c(=O)c3c(n4ncc(CC5CC5)c24)CN(C(=O)c2ccc(Br)c(C(F)(F)F)c2)C(C)C3)cc1. The average Bonchev–Trinajstić information content (AvgIpc) is 3.83. The highest BCUT2D eigenvalue weighted by Gasteiger charge is 2.37. The summed E-state index contributed by atoms with van der Waals surface area (Å²) in [6.07, 6.45) is -0.00678. The zero-order chi connectivity index (χ0) is 36.1. The van der Waals surface area contributed by atoms with Crippen LogP contribution in [0.1, 0.15) is 62.9 Å². The van der Waals surface area contributed by atoms with Gasteiger partial charge in [0.2, 0.25) is 0 Å². The molecule has 1 saturated carbocycles. The Bertz CT molecular complexity index is 2070. The lowest BCUT2D eigenvalue weighted by atomic mass is 9.97. The zero-order valence-corrected chi connectivity index (χ0v) is 30.0. The van der Waals surface area contributed by atoms with E-state index in [1.165, 1.54) is 29.0 Å². The van der Waals surface area contributed by atoms with Crippen LogP contribution in [0.3, 0.4) is 0 Å². The highest BCUT2D eigenvalue weighted by atomic mass is 79.9. The van der Waals surface area contributed by atoms with E-state index < -0.39 is 37.4 Å². The summed E-state index contributed by atoms with van der Waals surface area (Å²) in [5.41, 5.74) is 1.66. The van der Waals surface area contributed by atoms with Crippen LogP contribution in [0.25, 0.3) is 11.3 Å². The summed E-state index contributed by atoms with van der Waals surface area (Å²) in [6.45, 7) is 1.34. The molecule has 1 unspecified atom stereocenters. The molecule has 1 aliphatic heterocycles. The van der Waals surface area contributed by atoms with E-state index in [4.69, 9.17) is 13.6 Å². The minimum Gasteiger partial charge on any atom is -0.330 e. The van der Waals surface area contributed by atoms with Gasteiger partial charge in [0.1, 0.15) is 12.4 Å². The maximum atomic E-state index is 14.4. The number of benzene rings is 2. The van der Waals surface area contributed by atoms with Gasteiger partial charge < -0.3 is 9.80 Å². The number of fused-ring (bicyclic) bond motifs is 3. The Hall–Kier alpha value is -3.82. The van der Waals surface area contributed by atoms with Gasteiger partial charge in [0, 0.05) is 54.0 Å². The van der Waals surface area contributed by atoms with E-state index in [0.29, 0.717) is 34.9 Å². The summed E-state index contributed by atoms with van der Waals surface area (Å²) >= 11 is 2.93. The molecule has 50 heavy (non-hydrogen) atoms. The number of carbonyl (C=O) groups is 2. The molecule has 6 rings (SSSR count). The topological polar surface area (TPSA) is 125 Å². The molecule has 0 radical (unpaired) electrons. The van der Waals surface area contributed by atoms with Gasteiger partial charge in [-0.25, -0.2) is 9.08 Å². The fourth-order valence-electron chi connectivity index (χ4n) is 6.08. The van der Waals surface area contributed by atoms with Gasteiger partial charge in [-0.1, -0.05) is 15.9 Å². The lowest BCUT2D eigenvalue weighted by Gasteiger charge is -2.35. The van der Waals surface area contributed by atoms with Crippen LogP contribution in [0.2, 0.25) is 0 Å². The second-order valence-corrected chi connectivity index (χ2v) is 15.2. The van der Waals surface area contributed by atoms with Crippen LogP contribution >= 0.6 is 23.8 Å². The molecule has 1 aliphatic carbocycles. The van der Waals surface area contributed by atoms with Crippen LogP contribution < -0.4 is 5.56 Å². The van der Waals surface area contributed by atoms with Gasteiger partial charge in [0.05, 0.1) is 29.7 Å². The van der Waals surface area contributed by atoms with Gasteiger partial charge in [0.25, 0.3) is 17.4 Å². The normalized spacial score (nSPS) is 16.5. The maximum absolute atomic E-state index is 14.4. The lowest BCUT2D eigenvalue weighted by Crippen LogP contribution is -2.46. The van der Waals surface area contributed by atoms with E-state index in [2.05, 4.69) is 21.0 Å². The van der Waals surface area contributed by atoms with Gasteiger partial charge in [-0.3, -0.25) is 32.5 Å². The number of carbonyl (C=O) groups excluding carboxylic acids is 2. The van der Waals surface area contributed by atoms with Crippen molar-refractivity contribution < 1.29 is 40.9 Å². The van der Waals surface area contributed by atoms with Gasteiger partial charge >= 0.3 is 14.0 Å². The quantitative estimate of drug-likeness (QED) is 0.137. The van der Waals surface area contributed by atoms with Crippen molar-refractivity contribution in [3.8, 4) is 5.69 Å². The van der Waals surface area contributed by atoms with E-state index in [1.54, 1.807) is 46.5 Å². The molecule has 266 valence electrons. The van der Waals surface area contributed by atoms with E-state index in [9.17, 15) is 32.1 Å². The Kier molecular flexibility index (Phi) is 9.87. The molecule has 2 amide bonds. The third kappa shape index (κ3) is 6.91. The molecule has 3 heterocycles. The van der Waals surface area contributed by atoms with Crippen molar-refractivity contribution in [2.45, 2.75) is 51.4 Å². The number of hydrogen-bond donors (Lipinski definition) is 0. The molecule has 2 aromatic carbocycles. The molecule has 2 aromatic heterocycles. The average molecular weight is 781 g/mol. The highest BCUT2D eigenvalue weighted by Crippen LogP contribution is 2.47. The number of rotatable bonds is 10. The van der Waals surface area contributed by atoms with Crippen molar-refractivity contribution in [1.82, 2.24) is 24.0 Å². The second-order valence-electron chi connectivity index (χ2n) is 12.4. The lowest BCUT2D eigenvalue weighted by molar-refractivity contribution is -0.138. The van der Waals surface area contributed by atoms with E-state index in [0.717, 1.165) is 38.7 Å². The van der Waals surface area contributed by atoms with Crippen LogP contribution in [-0.4, -0.2) is 69.8 Å². The fraction of sp³-hybridized carbons (Fsp3) is 0.394. The minimum absolute atomic E-state index is 0.0369. The standard InChI is InChI=1S/C33H34BrF3N5O7P/c1-19-13-25-28(17-40(19)31(44)22-9-12-27(34)26(15-22)33(35,36)37)42-29(23(16-38-42)14-20-5-6-20)41(32(25)45)24-10-7-21(8-11-24)30(43)39(2)18-49-50(46,47-3)48-4/h7-12,15-16,19-20H,5-6,13-14,17-18H2,1-4H3. The van der Waals surface area contributed by atoms with Gasteiger partial charge in [0.15, 0.2) is 0 Å². The largest absolute Gasteiger partial charge is 0.475 e. The molecule has 17 heteroatoms. The first kappa shape index (κ1) is 36.0. The Morgan fingerprint density at radius 2 is 1.74 bits per heavy atom. The van der Waals surface area contributed by atoms with Crippen LogP contribution in [0.5, 0.6) is 0 Å².